The van der Waals surface area contributed by atoms with Crippen LogP contribution in [0.1, 0.15) is 36.5 Å². The summed E-state index contributed by atoms with van der Waals surface area (Å²) >= 11 is 0. The average Bonchev–Trinajstić information content (AvgIpc) is 2.46. The number of likely N-dealkylation sites (tertiary alicyclic amines) is 1. The molecular weight excluding hydrogens is 250 g/mol. The Hall–Kier alpha value is -1.55. The summed E-state index contributed by atoms with van der Waals surface area (Å²) < 4.78 is 0. The number of carbonyl (C=O) groups is 1. The van der Waals surface area contributed by atoms with E-state index in [9.17, 15) is 4.79 Å². The van der Waals surface area contributed by atoms with E-state index in [1.165, 1.54) is 0 Å². The molecule has 1 fully saturated rings. The minimum Gasteiger partial charge on any atom is -0.378 e. The highest BCUT2D eigenvalue weighted by Gasteiger charge is 2.31. The van der Waals surface area contributed by atoms with Crippen LogP contribution in [-0.4, -0.2) is 43.5 Å². The van der Waals surface area contributed by atoms with Gasteiger partial charge in [0.1, 0.15) is 0 Å². The molecule has 1 heterocycles. The highest BCUT2D eigenvalue weighted by Crippen LogP contribution is 2.25. The predicted molar refractivity (Wildman–Crippen MR) is 83.1 cm³/mol. The molecule has 1 aliphatic heterocycles. The monoisotopic (exact) mass is 275 g/mol. The molecule has 0 radical (unpaired) electrons. The van der Waals surface area contributed by atoms with E-state index >= 15 is 0 Å². The molecule has 2 unspecified atom stereocenters. The summed E-state index contributed by atoms with van der Waals surface area (Å²) in [5.74, 6) is 0.108. The molecule has 4 nitrogen and oxygen atoms in total. The molecule has 4 heteroatoms. The van der Waals surface area contributed by atoms with Gasteiger partial charge in [-0.15, -0.1) is 0 Å². The van der Waals surface area contributed by atoms with Gasteiger partial charge < -0.3 is 15.5 Å². The highest BCUT2D eigenvalue weighted by molar-refractivity contribution is 5.95. The van der Waals surface area contributed by atoms with E-state index in [-0.39, 0.29) is 18.0 Å². The zero-order valence-electron chi connectivity index (χ0n) is 12.7. The molecule has 1 saturated heterocycles. The maximum atomic E-state index is 12.8. The highest BCUT2D eigenvalue weighted by atomic mass is 16.2. The first-order chi connectivity index (χ1) is 9.54. The van der Waals surface area contributed by atoms with E-state index in [1.807, 2.05) is 48.2 Å². The van der Waals surface area contributed by atoms with Crippen molar-refractivity contribution in [1.29, 1.82) is 0 Å². The number of amides is 1. The van der Waals surface area contributed by atoms with Crippen molar-refractivity contribution >= 4 is 11.6 Å². The zero-order chi connectivity index (χ0) is 14.7. The van der Waals surface area contributed by atoms with Crippen LogP contribution in [-0.2, 0) is 0 Å². The third-order valence-corrected chi connectivity index (χ3v) is 4.14. The predicted octanol–water partition coefficient (Wildman–Crippen LogP) is 2.09. The van der Waals surface area contributed by atoms with Gasteiger partial charge in [0.2, 0.25) is 0 Å². The largest absolute Gasteiger partial charge is 0.378 e. The van der Waals surface area contributed by atoms with Gasteiger partial charge >= 0.3 is 0 Å². The summed E-state index contributed by atoms with van der Waals surface area (Å²) in [4.78, 5) is 16.8. The van der Waals surface area contributed by atoms with Crippen molar-refractivity contribution < 1.29 is 4.79 Å². The summed E-state index contributed by atoms with van der Waals surface area (Å²) in [5, 5.41) is 0. The zero-order valence-corrected chi connectivity index (χ0v) is 12.7. The molecule has 1 aliphatic rings. The van der Waals surface area contributed by atoms with Gasteiger partial charge in [-0.1, -0.05) is 6.07 Å². The molecule has 0 spiro atoms. The second kappa shape index (κ2) is 6.27. The van der Waals surface area contributed by atoms with Crippen LogP contribution in [0.2, 0.25) is 0 Å². The van der Waals surface area contributed by atoms with Gasteiger partial charge in [0, 0.05) is 44.0 Å². The van der Waals surface area contributed by atoms with E-state index in [0.29, 0.717) is 6.54 Å². The van der Waals surface area contributed by atoms with Gasteiger partial charge in [-0.05, 0) is 44.4 Å². The van der Waals surface area contributed by atoms with Crippen molar-refractivity contribution in [1.82, 2.24) is 4.90 Å². The number of hydrogen-bond acceptors (Lipinski definition) is 3. The van der Waals surface area contributed by atoms with E-state index < -0.39 is 0 Å². The third kappa shape index (κ3) is 2.96. The van der Waals surface area contributed by atoms with E-state index in [4.69, 9.17) is 5.73 Å². The first-order valence-corrected chi connectivity index (χ1v) is 7.34. The maximum absolute atomic E-state index is 12.8. The Balaban J connectivity index is 2.26. The topological polar surface area (TPSA) is 49.6 Å². The van der Waals surface area contributed by atoms with Crippen molar-refractivity contribution in [3.05, 3.63) is 29.8 Å². The fourth-order valence-electron chi connectivity index (χ4n) is 2.95. The van der Waals surface area contributed by atoms with E-state index in [1.54, 1.807) is 0 Å². The number of nitrogens with zero attached hydrogens (tertiary/aromatic N) is 2. The Morgan fingerprint density at radius 3 is 2.80 bits per heavy atom. The van der Waals surface area contributed by atoms with Crippen molar-refractivity contribution in [2.45, 2.75) is 38.3 Å². The summed E-state index contributed by atoms with van der Waals surface area (Å²) in [7, 11) is 3.96. The van der Waals surface area contributed by atoms with Crippen LogP contribution in [0.15, 0.2) is 24.3 Å². The number of nitrogens with two attached hydrogens (primary N) is 1. The molecule has 0 aromatic heterocycles. The number of piperidine rings is 1. The van der Waals surface area contributed by atoms with E-state index in [2.05, 4.69) is 6.92 Å². The first-order valence-electron chi connectivity index (χ1n) is 7.34. The Kier molecular flexibility index (Phi) is 4.65. The summed E-state index contributed by atoms with van der Waals surface area (Å²) in [6, 6.07) is 8.24. The second-order valence-electron chi connectivity index (χ2n) is 5.83. The number of anilines is 1. The lowest BCUT2D eigenvalue weighted by Crippen LogP contribution is -2.51. The maximum Gasteiger partial charge on any atom is 0.254 e. The van der Waals surface area contributed by atoms with Gasteiger partial charge in [0.25, 0.3) is 5.91 Å². The van der Waals surface area contributed by atoms with Crippen LogP contribution in [0.5, 0.6) is 0 Å². The van der Waals surface area contributed by atoms with Crippen LogP contribution in [0.25, 0.3) is 0 Å². The first kappa shape index (κ1) is 14.9. The lowest BCUT2D eigenvalue weighted by molar-refractivity contribution is 0.0494. The van der Waals surface area contributed by atoms with Crippen LogP contribution < -0.4 is 10.6 Å². The van der Waals surface area contributed by atoms with Crippen molar-refractivity contribution in [3.63, 3.8) is 0 Å². The van der Waals surface area contributed by atoms with Gasteiger partial charge in [-0.2, -0.15) is 0 Å². The second-order valence-corrected chi connectivity index (χ2v) is 5.83. The van der Waals surface area contributed by atoms with Crippen molar-refractivity contribution in [3.8, 4) is 0 Å². The Morgan fingerprint density at radius 1 is 1.40 bits per heavy atom. The molecule has 0 aliphatic carbocycles. The molecule has 0 saturated carbocycles. The Bertz CT molecular complexity index is 473. The fraction of sp³-hybridized carbons (Fsp3) is 0.562. The molecule has 1 amide bonds. The van der Waals surface area contributed by atoms with Crippen molar-refractivity contribution in [2.75, 3.05) is 25.5 Å². The molecular formula is C16H25N3O. The van der Waals surface area contributed by atoms with Crippen molar-refractivity contribution in [2.24, 2.45) is 5.73 Å². The Labute approximate surface area is 121 Å². The molecule has 1 aromatic carbocycles. The molecule has 0 bridgehead atoms. The van der Waals surface area contributed by atoms with Gasteiger partial charge in [-0.3, -0.25) is 4.79 Å². The lowest BCUT2D eigenvalue weighted by atomic mass is 9.95. The Morgan fingerprint density at radius 2 is 2.15 bits per heavy atom. The SMILES string of the molecule is CC1CCCC(CN)N1C(=O)c1cccc(N(C)C)c1. The average molecular weight is 275 g/mol. The summed E-state index contributed by atoms with van der Waals surface area (Å²) in [6.07, 6.45) is 3.24. The van der Waals surface area contributed by atoms with Gasteiger partial charge in [0.05, 0.1) is 0 Å². The molecule has 110 valence electrons. The number of rotatable bonds is 3. The minimum absolute atomic E-state index is 0.108. The molecule has 1 aromatic rings. The standard InChI is InChI=1S/C16H25N3O/c1-12-6-4-9-15(11-17)19(12)16(20)13-7-5-8-14(10-13)18(2)3/h5,7-8,10,12,15H,4,6,9,11,17H2,1-3H3. The minimum atomic E-state index is 0.108. The van der Waals surface area contributed by atoms with Crippen LogP contribution in [0.4, 0.5) is 5.69 Å². The van der Waals surface area contributed by atoms with Crippen LogP contribution in [0, 0.1) is 0 Å². The number of hydrogen-bond donors (Lipinski definition) is 1. The molecule has 2 N–H and O–H groups in total. The van der Waals surface area contributed by atoms with Crippen LogP contribution >= 0.6 is 0 Å². The summed E-state index contributed by atoms with van der Waals surface area (Å²) in [5.41, 5.74) is 7.65. The molecule has 20 heavy (non-hydrogen) atoms. The smallest absolute Gasteiger partial charge is 0.254 e. The normalized spacial score (nSPS) is 22.7. The number of carbonyl (C=O) groups excluding carboxylic acids is 1. The fourth-order valence-corrected chi connectivity index (χ4v) is 2.95. The quantitative estimate of drug-likeness (QED) is 0.919. The van der Waals surface area contributed by atoms with E-state index in [0.717, 1.165) is 30.5 Å². The summed E-state index contributed by atoms with van der Waals surface area (Å²) in [6.45, 7) is 2.67. The van der Waals surface area contributed by atoms with Gasteiger partial charge in [0.15, 0.2) is 0 Å². The number of benzene rings is 1. The molecule has 2 atom stereocenters. The van der Waals surface area contributed by atoms with Gasteiger partial charge in [-0.25, -0.2) is 0 Å². The third-order valence-electron chi connectivity index (χ3n) is 4.14. The van der Waals surface area contributed by atoms with Crippen LogP contribution in [0.3, 0.4) is 0 Å². The lowest BCUT2D eigenvalue weighted by Gasteiger charge is -2.40. The molecule has 2 rings (SSSR count).